The molecule has 1 rings (SSSR count). The zero-order valence-electron chi connectivity index (χ0n) is 7.93. The lowest BCUT2D eigenvalue weighted by Crippen LogP contribution is -2.25. The van der Waals surface area contributed by atoms with E-state index in [4.69, 9.17) is 10.4 Å². The first kappa shape index (κ1) is 11.4. The van der Waals surface area contributed by atoms with Crippen LogP contribution in [0.25, 0.3) is 0 Å². The van der Waals surface area contributed by atoms with E-state index in [1.165, 1.54) is 11.8 Å². The summed E-state index contributed by atoms with van der Waals surface area (Å²) in [6.45, 7) is 0.0367. The van der Waals surface area contributed by atoms with E-state index in [1.807, 2.05) is 6.07 Å². The molecular formula is C10H10N2O2S. The van der Waals surface area contributed by atoms with Crippen molar-refractivity contribution < 1.29 is 9.90 Å². The average molecular weight is 222 g/mol. The van der Waals surface area contributed by atoms with Gasteiger partial charge in [-0.1, -0.05) is 0 Å². The number of carbonyl (C=O) groups is 1. The first-order valence-corrected chi connectivity index (χ1v) is 5.26. The zero-order chi connectivity index (χ0) is 11.1. The molecule has 0 fully saturated rings. The number of nitrogens with one attached hydrogen (secondary N) is 1. The second kappa shape index (κ2) is 5.94. The van der Waals surface area contributed by atoms with Crippen LogP contribution in [-0.2, 0) is 4.79 Å². The Morgan fingerprint density at radius 1 is 1.47 bits per heavy atom. The molecule has 0 aromatic heterocycles. The van der Waals surface area contributed by atoms with Gasteiger partial charge in [0, 0.05) is 4.90 Å². The molecule has 78 valence electrons. The third-order valence-corrected chi connectivity index (χ3v) is 2.58. The monoisotopic (exact) mass is 222 g/mol. The van der Waals surface area contributed by atoms with Crippen molar-refractivity contribution in [3.63, 3.8) is 0 Å². The molecule has 0 unspecified atom stereocenters. The van der Waals surface area contributed by atoms with Crippen LogP contribution in [0.1, 0.15) is 0 Å². The maximum atomic E-state index is 11.1. The number of amides is 1. The number of aromatic hydroxyl groups is 1. The summed E-state index contributed by atoms with van der Waals surface area (Å²) in [5, 5.41) is 19.7. The normalized spacial score (nSPS) is 9.27. The Hall–Kier alpha value is -1.67. The van der Waals surface area contributed by atoms with E-state index in [1.54, 1.807) is 24.3 Å². The van der Waals surface area contributed by atoms with Gasteiger partial charge < -0.3 is 10.4 Å². The second-order valence-electron chi connectivity index (χ2n) is 2.72. The van der Waals surface area contributed by atoms with E-state index in [0.29, 0.717) is 0 Å². The molecule has 1 aromatic carbocycles. The molecule has 0 heterocycles. The summed E-state index contributed by atoms with van der Waals surface area (Å²) < 4.78 is 0. The number of hydrogen-bond donors (Lipinski definition) is 2. The van der Waals surface area contributed by atoms with Gasteiger partial charge in [-0.3, -0.25) is 4.79 Å². The van der Waals surface area contributed by atoms with Crippen LogP contribution in [0.2, 0.25) is 0 Å². The number of rotatable bonds is 4. The molecule has 0 aliphatic carbocycles. The predicted molar refractivity (Wildman–Crippen MR) is 57.5 cm³/mol. The fourth-order valence-electron chi connectivity index (χ4n) is 0.880. The lowest BCUT2D eigenvalue weighted by molar-refractivity contribution is -0.118. The van der Waals surface area contributed by atoms with Gasteiger partial charge in [-0.2, -0.15) is 5.26 Å². The van der Waals surface area contributed by atoms with E-state index in [9.17, 15) is 4.79 Å². The lowest BCUT2D eigenvalue weighted by Gasteiger charge is -2.01. The molecule has 0 aliphatic rings. The molecule has 4 nitrogen and oxygen atoms in total. The molecule has 0 atom stereocenters. The van der Waals surface area contributed by atoms with Crippen molar-refractivity contribution >= 4 is 17.7 Å². The van der Waals surface area contributed by atoms with E-state index in [0.717, 1.165) is 4.90 Å². The van der Waals surface area contributed by atoms with E-state index >= 15 is 0 Å². The molecule has 5 heteroatoms. The van der Waals surface area contributed by atoms with Gasteiger partial charge in [0.25, 0.3) is 0 Å². The molecular weight excluding hydrogens is 212 g/mol. The summed E-state index contributed by atoms with van der Waals surface area (Å²) >= 11 is 1.36. The fraction of sp³-hybridized carbons (Fsp3) is 0.200. The second-order valence-corrected chi connectivity index (χ2v) is 3.77. The first-order chi connectivity index (χ1) is 7.22. The largest absolute Gasteiger partial charge is 0.508 e. The van der Waals surface area contributed by atoms with Crippen molar-refractivity contribution in [2.75, 3.05) is 12.3 Å². The summed E-state index contributed by atoms with van der Waals surface area (Å²) in [7, 11) is 0. The van der Waals surface area contributed by atoms with Gasteiger partial charge in [-0.05, 0) is 24.3 Å². The molecule has 0 aliphatic heterocycles. The quantitative estimate of drug-likeness (QED) is 0.591. The van der Waals surface area contributed by atoms with Crippen molar-refractivity contribution in [1.29, 1.82) is 5.26 Å². The van der Waals surface area contributed by atoms with Gasteiger partial charge in [0.1, 0.15) is 12.3 Å². The highest BCUT2D eigenvalue weighted by molar-refractivity contribution is 8.00. The van der Waals surface area contributed by atoms with Gasteiger partial charge in [0.05, 0.1) is 11.8 Å². The maximum Gasteiger partial charge on any atom is 0.231 e. The van der Waals surface area contributed by atoms with Crippen LogP contribution < -0.4 is 5.32 Å². The number of nitrogens with zero attached hydrogens (tertiary/aromatic N) is 1. The highest BCUT2D eigenvalue weighted by Gasteiger charge is 2.01. The molecule has 0 saturated heterocycles. The number of thioether (sulfide) groups is 1. The number of phenolic OH excluding ortho intramolecular Hbond substituents is 1. The Balaban J connectivity index is 2.34. The van der Waals surface area contributed by atoms with E-state index < -0.39 is 0 Å². The number of nitriles is 1. The Morgan fingerprint density at radius 3 is 2.73 bits per heavy atom. The SMILES string of the molecule is N#CCNC(=O)CSc1ccc(O)cc1. The highest BCUT2D eigenvalue weighted by atomic mass is 32.2. The molecule has 0 bridgehead atoms. The van der Waals surface area contributed by atoms with Gasteiger partial charge in [0.2, 0.25) is 5.91 Å². The van der Waals surface area contributed by atoms with Gasteiger partial charge in [-0.15, -0.1) is 11.8 Å². The Kier molecular flexibility index (Phi) is 4.51. The maximum absolute atomic E-state index is 11.1. The number of hydrogen-bond acceptors (Lipinski definition) is 4. The predicted octanol–water partition coefficient (Wildman–Crippen LogP) is 1.12. The fourth-order valence-corrected chi connectivity index (χ4v) is 1.61. The molecule has 2 N–H and O–H groups in total. The van der Waals surface area contributed by atoms with Crippen LogP contribution in [0.3, 0.4) is 0 Å². The summed E-state index contributed by atoms with van der Waals surface area (Å²) in [6.07, 6.45) is 0. The van der Waals surface area contributed by atoms with Gasteiger partial charge >= 0.3 is 0 Å². The van der Waals surface area contributed by atoms with Crippen molar-refractivity contribution in [3.05, 3.63) is 24.3 Å². The van der Waals surface area contributed by atoms with Crippen LogP contribution in [0.4, 0.5) is 0 Å². The van der Waals surface area contributed by atoms with Crippen molar-refractivity contribution in [2.45, 2.75) is 4.90 Å². The minimum absolute atomic E-state index is 0.0367. The van der Waals surface area contributed by atoms with Crippen LogP contribution >= 0.6 is 11.8 Å². The summed E-state index contributed by atoms with van der Waals surface area (Å²) in [5.41, 5.74) is 0. The van der Waals surface area contributed by atoms with E-state index in [-0.39, 0.29) is 24.0 Å². The van der Waals surface area contributed by atoms with Crippen molar-refractivity contribution in [1.82, 2.24) is 5.32 Å². The zero-order valence-corrected chi connectivity index (χ0v) is 8.75. The molecule has 1 amide bonds. The average Bonchev–Trinajstić information content (AvgIpc) is 2.25. The van der Waals surface area contributed by atoms with Gasteiger partial charge in [-0.25, -0.2) is 0 Å². The van der Waals surface area contributed by atoms with Crippen LogP contribution in [0, 0.1) is 11.3 Å². The molecule has 0 radical (unpaired) electrons. The molecule has 0 saturated carbocycles. The first-order valence-electron chi connectivity index (χ1n) is 4.28. The molecule has 0 spiro atoms. The summed E-state index contributed by atoms with van der Waals surface area (Å²) in [4.78, 5) is 12.0. The molecule has 15 heavy (non-hydrogen) atoms. The summed E-state index contributed by atoms with van der Waals surface area (Å²) in [5.74, 6) is 0.301. The Morgan fingerprint density at radius 2 is 2.13 bits per heavy atom. The van der Waals surface area contributed by atoms with Crippen molar-refractivity contribution in [2.24, 2.45) is 0 Å². The summed E-state index contributed by atoms with van der Waals surface area (Å²) in [6, 6.07) is 8.43. The Labute approximate surface area is 91.9 Å². The van der Waals surface area contributed by atoms with Crippen LogP contribution in [-0.4, -0.2) is 23.3 Å². The highest BCUT2D eigenvalue weighted by Crippen LogP contribution is 2.20. The lowest BCUT2D eigenvalue weighted by atomic mass is 10.3. The standard InChI is InChI=1S/C10H10N2O2S/c11-5-6-12-10(14)7-15-9-3-1-8(13)2-4-9/h1-4,13H,6-7H2,(H,12,14). The van der Waals surface area contributed by atoms with Crippen molar-refractivity contribution in [3.8, 4) is 11.8 Å². The number of benzene rings is 1. The minimum Gasteiger partial charge on any atom is -0.508 e. The van der Waals surface area contributed by atoms with Crippen LogP contribution in [0.5, 0.6) is 5.75 Å². The number of phenols is 1. The minimum atomic E-state index is -0.172. The van der Waals surface area contributed by atoms with Crippen LogP contribution in [0.15, 0.2) is 29.2 Å². The topological polar surface area (TPSA) is 73.1 Å². The van der Waals surface area contributed by atoms with E-state index in [2.05, 4.69) is 5.32 Å². The smallest absolute Gasteiger partial charge is 0.231 e. The third kappa shape index (κ3) is 4.38. The number of carbonyl (C=O) groups excluding carboxylic acids is 1. The molecule has 1 aromatic rings. The third-order valence-electron chi connectivity index (χ3n) is 1.57. The Bertz CT molecular complexity index is 370. The van der Waals surface area contributed by atoms with Gasteiger partial charge in [0.15, 0.2) is 0 Å².